The van der Waals surface area contributed by atoms with Crippen LogP contribution in [0.1, 0.15) is 31.0 Å². The minimum atomic E-state index is 0.715. The van der Waals surface area contributed by atoms with Gasteiger partial charge in [-0.25, -0.2) is 0 Å². The van der Waals surface area contributed by atoms with Crippen LogP contribution >= 0.6 is 0 Å². The molecule has 1 aliphatic heterocycles. The van der Waals surface area contributed by atoms with Crippen molar-refractivity contribution in [3.8, 4) is 11.1 Å². The molecule has 6 heteroatoms. The van der Waals surface area contributed by atoms with Crippen LogP contribution in [0.4, 0.5) is 0 Å². The van der Waals surface area contributed by atoms with Crippen molar-refractivity contribution < 1.29 is 0 Å². The van der Waals surface area contributed by atoms with Crippen LogP contribution in [0.2, 0.25) is 0 Å². The molecule has 0 unspecified atom stereocenters. The number of nitrogens with zero attached hydrogens (tertiary/aromatic N) is 4. The summed E-state index contributed by atoms with van der Waals surface area (Å²) in [5.74, 6) is 0. The number of pyridine rings is 1. The van der Waals surface area contributed by atoms with Gasteiger partial charge in [0.05, 0.1) is 11.2 Å². The van der Waals surface area contributed by atoms with Gasteiger partial charge in [-0.2, -0.15) is 5.10 Å². The highest BCUT2D eigenvalue weighted by molar-refractivity contribution is 5.92. The Kier molecular flexibility index (Phi) is 6.38. The molecule has 3 aromatic rings. The van der Waals surface area contributed by atoms with Crippen LogP contribution in [-0.2, 0) is 6.54 Å². The average Bonchev–Trinajstić information content (AvgIpc) is 3.43. The SMILES string of the molecule is C=CC=N/C=C(\C)NC(=C)c1n[nH]c2ccc(-c3cncc(CN4CCCC4)c3)cc12. The molecule has 1 aliphatic rings. The summed E-state index contributed by atoms with van der Waals surface area (Å²) in [5.41, 5.74) is 6.81. The van der Waals surface area contributed by atoms with E-state index in [1.54, 1.807) is 18.5 Å². The van der Waals surface area contributed by atoms with Gasteiger partial charge in [0.2, 0.25) is 0 Å². The van der Waals surface area contributed by atoms with Crippen molar-refractivity contribution >= 4 is 22.8 Å². The Morgan fingerprint density at radius 2 is 2.06 bits per heavy atom. The van der Waals surface area contributed by atoms with E-state index >= 15 is 0 Å². The Hall–Kier alpha value is -3.51. The first-order valence-electron chi connectivity index (χ1n) is 10.6. The molecule has 0 saturated carbocycles. The summed E-state index contributed by atoms with van der Waals surface area (Å²) in [7, 11) is 0. The predicted octanol–water partition coefficient (Wildman–Crippen LogP) is 4.90. The van der Waals surface area contributed by atoms with Crippen molar-refractivity contribution in [3.63, 3.8) is 0 Å². The average molecular weight is 413 g/mol. The zero-order chi connectivity index (χ0) is 21.6. The smallest absolute Gasteiger partial charge is 0.116 e. The fourth-order valence-corrected chi connectivity index (χ4v) is 3.90. The zero-order valence-corrected chi connectivity index (χ0v) is 17.9. The minimum Gasteiger partial charge on any atom is -0.357 e. The van der Waals surface area contributed by atoms with Gasteiger partial charge in [0.15, 0.2) is 0 Å². The van der Waals surface area contributed by atoms with Gasteiger partial charge in [-0.15, -0.1) is 0 Å². The molecule has 1 fully saturated rings. The van der Waals surface area contributed by atoms with E-state index in [0.29, 0.717) is 5.70 Å². The zero-order valence-electron chi connectivity index (χ0n) is 17.9. The van der Waals surface area contributed by atoms with Crippen molar-refractivity contribution in [2.45, 2.75) is 26.3 Å². The van der Waals surface area contributed by atoms with Crippen molar-refractivity contribution in [1.82, 2.24) is 25.4 Å². The van der Waals surface area contributed by atoms with Crippen molar-refractivity contribution in [3.05, 3.63) is 79.0 Å². The number of likely N-dealkylation sites (tertiary alicyclic amines) is 1. The number of benzene rings is 1. The highest BCUT2D eigenvalue weighted by atomic mass is 15.1. The molecule has 2 aromatic heterocycles. The number of aliphatic imine (C=N–C) groups is 1. The fraction of sp³-hybridized carbons (Fsp3) is 0.240. The molecule has 2 N–H and O–H groups in total. The molecule has 158 valence electrons. The number of hydrogen-bond acceptors (Lipinski definition) is 5. The Morgan fingerprint density at radius 3 is 2.87 bits per heavy atom. The molecule has 0 amide bonds. The van der Waals surface area contributed by atoms with Gasteiger partial charge in [0.1, 0.15) is 5.69 Å². The van der Waals surface area contributed by atoms with E-state index in [0.717, 1.165) is 40.0 Å². The van der Waals surface area contributed by atoms with E-state index in [9.17, 15) is 0 Å². The maximum atomic E-state index is 4.50. The Labute approximate surface area is 183 Å². The van der Waals surface area contributed by atoms with Crippen LogP contribution in [-0.4, -0.2) is 39.4 Å². The summed E-state index contributed by atoms with van der Waals surface area (Å²) < 4.78 is 0. The lowest BCUT2D eigenvalue weighted by Gasteiger charge is -2.14. The van der Waals surface area contributed by atoms with Gasteiger partial charge in [-0.05, 0) is 62.2 Å². The number of allylic oxidation sites excluding steroid dienone is 2. The second-order valence-corrected chi connectivity index (χ2v) is 7.85. The first-order valence-corrected chi connectivity index (χ1v) is 10.6. The summed E-state index contributed by atoms with van der Waals surface area (Å²) in [6.45, 7) is 13.0. The molecule has 4 rings (SSSR count). The molecule has 1 aromatic carbocycles. The first kappa shape index (κ1) is 20.8. The number of aromatic nitrogens is 3. The predicted molar refractivity (Wildman–Crippen MR) is 128 cm³/mol. The van der Waals surface area contributed by atoms with Gasteiger partial charge in [-0.1, -0.05) is 25.3 Å². The van der Waals surface area contributed by atoms with E-state index in [-0.39, 0.29) is 0 Å². The van der Waals surface area contributed by atoms with Crippen LogP contribution in [0, 0.1) is 0 Å². The third-order valence-corrected chi connectivity index (χ3v) is 5.39. The van der Waals surface area contributed by atoms with Crippen LogP contribution in [0.25, 0.3) is 27.7 Å². The molecule has 31 heavy (non-hydrogen) atoms. The summed E-state index contributed by atoms with van der Waals surface area (Å²) in [6.07, 6.45) is 11.5. The minimum absolute atomic E-state index is 0.715. The van der Waals surface area contributed by atoms with Gasteiger partial charge in [0, 0.05) is 48.0 Å². The van der Waals surface area contributed by atoms with E-state index in [4.69, 9.17) is 0 Å². The number of fused-ring (bicyclic) bond motifs is 1. The second-order valence-electron chi connectivity index (χ2n) is 7.85. The molecule has 0 spiro atoms. The van der Waals surface area contributed by atoms with Crippen LogP contribution < -0.4 is 5.32 Å². The summed E-state index contributed by atoms with van der Waals surface area (Å²) in [4.78, 5) is 11.1. The number of aromatic amines is 1. The van der Waals surface area contributed by atoms with Crippen LogP contribution in [0.3, 0.4) is 0 Å². The number of rotatable bonds is 8. The maximum absolute atomic E-state index is 4.50. The van der Waals surface area contributed by atoms with E-state index < -0.39 is 0 Å². The lowest BCUT2D eigenvalue weighted by Crippen LogP contribution is -2.18. The highest BCUT2D eigenvalue weighted by Gasteiger charge is 2.14. The molecular weight excluding hydrogens is 384 g/mol. The molecule has 0 bridgehead atoms. The van der Waals surface area contributed by atoms with Gasteiger partial charge in [-0.3, -0.25) is 20.0 Å². The molecule has 0 aliphatic carbocycles. The molecule has 3 heterocycles. The quantitative estimate of drug-likeness (QED) is 0.517. The lowest BCUT2D eigenvalue weighted by atomic mass is 10.0. The molecule has 0 radical (unpaired) electrons. The fourth-order valence-electron chi connectivity index (χ4n) is 3.90. The standard InChI is InChI=1S/C25H28N6/c1-4-9-26-14-18(2)28-19(3)25-23-13-21(7-8-24(23)29-30-25)22-12-20(15-27-16-22)17-31-10-5-6-11-31/h4,7-9,12-16,28H,1,3,5-6,10-11,17H2,2H3,(H,29,30)/b18-14+,26-9?. The molecular formula is C25H28N6. The Morgan fingerprint density at radius 1 is 1.23 bits per heavy atom. The molecule has 0 atom stereocenters. The largest absolute Gasteiger partial charge is 0.357 e. The number of nitrogens with one attached hydrogen (secondary N) is 2. The van der Waals surface area contributed by atoms with Gasteiger partial charge >= 0.3 is 0 Å². The second kappa shape index (κ2) is 9.53. The Balaban J connectivity index is 1.58. The monoisotopic (exact) mass is 412 g/mol. The molecule has 6 nitrogen and oxygen atoms in total. The van der Waals surface area contributed by atoms with Crippen LogP contribution in [0.5, 0.6) is 0 Å². The summed E-state index contributed by atoms with van der Waals surface area (Å²) >= 11 is 0. The van der Waals surface area contributed by atoms with Crippen molar-refractivity contribution in [1.29, 1.82) is 0 Å². The Bertz CT molecular complexity index is 1150. The van der Waals surface area contributed by atoms with E-state index in [1.807, 2.05) is 19.3 Å². The third-order valence-electron chi connectivity index (χ3n) is 5.39. The topological polar surface area (TPSA) is 69.2 Å². The number of hydrogen-bond donors (Lipinski definition) is 2. The van der Waals surface area contributed by atoms with E-state index in [1.165, 1.54) is 31.5 Å². The maximum Gasteiger partial charge on any atom is 0.116 e. The van der Waals surface area contributed by atoms with Crippen LogP contribution in [0.15, 0.2) is 72.8 Å². The van der Waals surface area contributed by atoms with Crippen molar-refractivity contribution in [2.75, 3.05) is 13.1 Å². The van der Waals surface area contributed by atoms with Crippen molar-refractivity contribution in [2.24, 2.45) is 4.99 Å². The highest BCUT2D eigenvalue weighted by Crippen LogP contribution is 2.28. The van der Waals surface area contributed by atoms with Gasteiger partial charge in [0.25, 0.3) is 0 Å². The normalized spacial score (nSPS) is 15.1. The summed E-state index contributed by atoms with van der Waals surface area (Å²) in [6, 6.07) is 8.54. The first-order chi connectivity index (χ1) is 15.1. The van der Waals surface area contributed by atoms with E-state index in [2.05, 4.69) is 67.8 Å². The lowest BCUT2D eigenvalue weighted by molar-refractivity contribution is 0.331. The summed E-state index contributed by atoms with van der Waals surface area (Å²) in [5, 5.41) is 11.8. The number of H-pyrrole nitrogens is 1. The molecule has 1 saturated heterocycles. The van der Waals surface area contributed by atoms with Gasteiger partial charge < -0.3 is 5.32 Å². The third kappa shape index (κ3) is 4.98.